The number of hydrogen-bond donors (Lipinski definition) is 1. The fourth-order valence-corrected chi connectivity index (χ4v) is 2.93. The number of thiophene rings is 1. The fourth-order valence-electron chi connectivity index (χ4n) is 1.74. The highest BCUT2D eigenvalue weighted by Gasteiger charge is 2.15. The van der Waals surface area contributed by atoms with Gasteiger partial charge in [0.1, 0.15) is 0 Å². The molecule has 16 heavy (non-hydrogen) atoms. The number of nitrogens with zero attached hydrogens (tertiary/aromatic N) is 1. The zero-order chi connectivity index (χ0) is 11.5. The van der Waals surface area contributed by atoms with Gasteiger partial charge in [-0.25, -0.2) is 0 Å². The van der Waals surface area contributed by atoms with Crippen molar-refractivity contribution < 1.29 is 0 Å². The molecular weight excluding hydrogens is 240 g/mol. The minimum Gasteiger partial charge on any atom is -0.309 e. The number of rotatable bonds is 3. The summed E-state index contributed by atoms with van der Waals surface area (Å²) in [6, 6.07) is 6.24. The molecule has 2 rings (SSSR count). The molecule has 1 atom stereocenters. The van der Waals surface area contributed by atoms with Crippen LogP contribution in [0.4, 0.5) is 0 Å². The lowest BCUT2D eigenvalue weighted by Crippen LogP contribution is -2.17. The number of halogens is 1. The lowest BCUT2D eigenvalue weighted by molar-refractivity contribution is 0.698. The first-order valence-corrected chi connectivity index (χ1v) is 6.25. The summed E-state index contributed by atoms with van der Waals surface area (Å²) in [5, 5.41) is 3.31. The Morgan fingerprint density at radius 1 is 1.38 bits per heavy atom. The van der Waals surface area contributed by atoms with Crippen LogP contribution in [0.3, 0.4) is 0 Å². The highest BCUT2D eigenvalue weighted by atomic mass is 35.5. The third-order valence-corrected chi connectivity index (χ3v) is 3.84. The smallest absolute Gasteiger partial charge is 0.0931 e. The Hall–Kier alpha value is -0.900. The van der Waals surface area contributed by atoms with Crippen molar-refractivity contribution in [1.82, 2.24) is 10.3 Å². The molecule has 84 valence electrons. The molecule has 0 saturated heterocycles. The summed E-state index contributed by atoms with van der Waals surface area (Å²) in [5.41, 5.74) is 2.43. The SMILES string of the molecule is CNC(c1ccc(Cl)s1)c1ccncc1C. The molecule has 4 heteroatoms. The molecule has 1 unspecified atom stereocenters. The van der Waals surface area contributed by atoms with E-state index in [1.54, 1.807) is 11.3 Å². The number of pyridine rings is 1. The van der Waals surface area contributed by atoms with Gasteiger partial charge in [-0.3, -0.25) is 4.98 Å². The van der Waals surface area contributed by atoms with E-state index in [0.717, 1.165) is 4.34 Å². The van der Waals surface area contributed by atoms with Gasteiger partial charge in [0.2, 0.25) is 0 Å². The Morgan fingerprint density at radius 3 is 2.75 bits per heavy atom. The van der Waals surface area contributed by atoms with Crippen LogP contribution in [-0.4, -0.2) is 12.0 Å². The van der Waals surface area contributed by atoms with Gasteiger partial charge < -0.3 is 5.32 Å². The lowest BCUT2D eigenvalue weighted by Gasteiger charge is -2.16. The second-order valence-corrected chi connectivity index (χ2v) is 5.34. The first-order valence-electron chi connectivity index (χ1n) is 5.05. The van der Waals surface area contributed by atoms with Crippen LogP contribution in [0.5, 0.6) is 0 Å². The predicted molar refractivity (Wildman–Crippen MR) is 69.2 cm³/mol. The second kappa shape index (κ2) is 4.95. The van der Waals surface area contributed by atoms with Gasteiger partial charge >= 0.3 is 0 Å². The largest absolute Gasteiger partial charge is 0.309 e. The van der Waals surface area contributed by atoms with E-state index >= 15 is 0 Å². The van der Waals surface area contributed by atoms with Crippen LogP contribution < -0.4 is 5.32 Å². The molecule has 0 aliphatic rings. The maximum Gasteiger partial charge on any atom is 0.0931 e. The third kappa shape index (κ3) is 2.26. The van der Waals surface area contributed by atoms with Crippen LogP contribution in [0, 0.1) is 6.92 Å². The Kier molecular flexibility index (Phi) is 3.59. The molecule has 0 fully saturated rings. The van der Waals surface area contributed by atoms with Crippen molar-refractivity contribution in [2.75, 3.05) is 7.05 Å². The first-order chi connectivity index (χ1) is 7.72. The highest BCUT2D eigenvalue weighted by Crippen LogP contribution is 2.31. The van der Waals surface area contributed by atoms with Crippen molar-refractivity contribution in [2.45, 2.75) is 13.0 Å². The van der Waals surface area contributed by atoms with Gasteiger partial charge in [-0.05, 0) is 43.3 Å². The van der Waals surface area contributed by atoms with Crippen molar-refractivity contribution >= 4 is 22.9 Å². The zero-order valence-electron chi connectivity index (χ0n) is 9.20. The van der Waals surface area contributed by atoms with E-state index in [-0.39, 0.29) is 6.04 Å². The summed E-state index contributed by atoms with van der Waals surface area (Å²) < 4.78 is 0.821. The highest BCUT2D eigenvalue weighted by molar-refractivity contribution is 7.16. The molecule has 0 spiro atoms. The van der Waals surface area contributed by atoms with E-state index in [4.69, 9.17) is 11.6 Å². The van der Waals surface area contributed by atoms with Crippen LogP contribution in [0.25, 0.3) is 0 Å². The van der Waals surface area contributed by atoms with Gasteiger partial charge in [-0.15, -0.1) is 11.3 Å². The summed E-state index contributed by atoms with van der Waals surface area (Å²) in [4.78, 5) is 5.33. The molecule has 0 aromatic carbocycles. The Morgan fingerprint density at radius 2 is 2.19 bits per heavy atom. The van der Waals surface area contributed by atoms with Gasteiger partial charge in [-0.2, -0.15) is 0 Å². The van der Waals surface area contributed by atoms with Crippen molar-refractivity contribution in [3.63, 3.8) is 0 Å². The van der Waals surface area contributed by atoms with Crippen molar-refractivity contribution in [3.8, 4) is 0 Å². The molecule has 0 bridgehead atoms. The summed E-state index contributed by atoms with van der Waals surface area (Å²) in [7, 11) is 1.96. The Labute approximate surface area is 104 Å². The summed E-state index contributed by atoms with van der Waals surface area (Å²) >= 11 is 7.57. The number of nitrogens with one attached hydrogen (secondary N) is 1. The summed E-state index contributed by atoms with van der Waals surface area (Å²) in [6.07, 6.45) is 3.71. The molecule has 0 radical (unpaired) electrons. The van der Waals surface area contributed by atoms with E-state index < -0.39 is 0 Å². The first kappa shape index (κ1) is 11.6. The lowest BCUT2D eigenvalue weighted by atomic mass is 10.0. The quantitative estimate of drug-likeness (QED) is 0.906. The Bertz CT molecular complexity index is 481. The third-order valence-electron chi connectivity index (χ3n) is 2.54. The molecule has 0 saturated carbocycles. The average Bonchev–Trinajstić information content (AvgIpc) is 2.69. The van der Waals surface area contributed by atoms with Crippen molar-refractivity contribution in [1.29, 1.82) is 0 Å². The van der Waals surface area contributed by atoms with Crippen LogP contribution >= 0.6 is 22.9 Å². The van der Waals surface area contributed by atoms with Crippen LogP contribution in [0.1, 0.15) is 22.0 Å². The fraction of sp³-hybridized carbons (Fsp3) is 0.250. The standard InChI is InChI=1S/C12H13ClN2S/c1-8-7-15-6-5-9(8)12(14-2)10-3-4-11(13)16-10/h3-7,12,14H,1-2H3. The van der Waals surface area contributed by atoms with E-state index in [1.807, 2.05) is 31.6 Å². The molecule has 2 aromatic heterocycles. The van der Waals surface area contributed by atoms with Crippen LogP contribution in [0.15, 0.2) is 30.6 Å². The summed E-state index contributed by atoms with van der Waals surface area (Å²) in [5.74, 6) is 0. The molecule has 2 aromatic rings. The van der Waals surface area contributed by atoms with E-state index in [2.05, 4.69) is 23.3 Å². The number of aryl methyl sites for hydroxylation is 1. The number of hydrogen-bond acceptors (Lipinski definition) is 3. The van der Waals surface area contributed by atoms with Gasteiger partial charge in [0.25, 0.3) is 0 Å². The minimum absolute atomic E-state index is 0.195. The van der Waals surface area contributed by atoms with Gasteiger partial charge in [-0.1, -0.05) is 11.6 Å². The normalized spacial score (nSPS) is 12.7. The van der Waals surface area contributed by atoms with Crippen molar-refractivity contribution in [2.24, 2.45) is 0 Å². The molecule has 0 aliphatic carbocycles. The van der Waals surface area contributed by atoms with Crippen molar-refractivity contribution in [3.05, 3.63) is 50.9 Å². The van der Waals surface area contributed by atoms with E-state index in [9.17, 15) is 0 Å². The molecule has 2 heterocycles. The topological polar surface area (TPSA) is 24.9 Å². The monoisotopic (exact) mass is 252 g/mol. The molecule has 0 aliphatic heterocycles. The van der Waals surface area contributed by atoms with Gasteiger partial charge in [0, 0.05) is 17.3 Å². The van der Waals surface area contributed by atoms with Crippen LogP contribution in [-0.2, 0) is 0 Å². The number of aromatic nitrogens is 1. The maximum atomic E-state index is 5.97. The van der Waals surface area contributed by atoms with Gasteiger partial charge in [0.05, 0.1) is 10.4 Å². The van der Waals surface area contributed by atoms with E-state index in [0.29, 0.717) is 0 Å². The molecular formula is C12H13ClN2S. The summed E-state index contributed by atoms with van der Waals surface area (Å²) in [6.45, 7) is 2.07. The molecule has 2 nitrogen and oxygen atoms in total. The zero-order valence-corrected chi connectivity index (χ0v) is 10.8. The average molecular weight is 253 g/mol. The van der Waals surface area contributed by atoms with Gasteiger partial charge in [0.15, 0.2) is 0 Å². The molecule has 0 amide bonds. The second-order valence-electron chi connectivity index (χ2n) is 3.60. The van der Waals surface area contributed by atoms with Crippen LogP contribution in [0.2, 0.25) is 4.34 Å². The molecule has 1 N–H and O–H groups in total. The Balaban J connectivity index is 2.40. The van der Waals surface area contributed by atoms with E-state index in [1.165, 1.54) is 16.0 Å². The predicted octanol–water partition coefficient (Wildman–Crippen LogP) is 3.41. The minimum atomic E-state index is 0.195. The maximum absolute atomic E-state index is 5.97.